The van der Waals surface area contributed by atoms with Gasteiger partial charge in [-0.15, -0.1) is 0 Å². The third-order valence-corrected chi connectivity index (χ3v) is 9.64. The van der Waals surface area contributed by atoms with Crippen molar-refractivity contribution in [3.63, 3.8) is 0 Å². The summed E-state index contributed by atoms with van der Waals surface area (Å²) in [7, 11) is -4.72. The first kappa shape index (κ1) is 51.4. The Morgan fingerprint density at radius 2 is 1.04 bits per heavy atom. The lowest BCUT2D eigenvalue weighted by atomic mass is 10.0. The number of hydrogen-bond acceptors (Lipinski definition) is 9. The minimum absolute atomic E-state index is 0.157. The van der Waals surface area contributed by atoms with Crippen LogP contribution < -0.4 is 5.73 Å². The van der Waals surface area contributed by atoms with E-state index in [1.165, 1.54) is 70.6 Å². The molecular formula is C42H74NO10P. The first-order valence-electron chi connectivity index (χ1n) is 20.7. The van der Waals surface area contributed by atoms with E-state index in [1.54, 1.807) is 0 Å². The van der Waals surface area contributed by atoms with Gasteiger partial charge in [0.25, 0.3) is 0 Å². The number of carbonyl (C=O) groups excluding carboxylic acids is 2. The highest BCUT2D eigenvalue weighted by Crippen LogP contribution is 2.43. The first-order chi connectivity index (χ1) is 26.1. The topological polar surface area (TPSA) is 172 Å². The molecule has 0 aromatic rings. The number of phosphoric acid groups is 1. The second-order valence-electron chi connectivity index (χ2n) is 13.8. The average Bonchev–Trinajstić information content (AvgIpc) is 3.14. The number of aliphatic carboxylic acids is 1. The molecule has 0 radical (unpaired) electrons. The molecule has 0 aromatic heterocycles. The molecule has 54 heavy (non-hydrogen) atoms. The third-order valence-electron chi connectivity index (χ3n) is 8.69. The molecule has 0 saturated heterocycles. The Balaban J connectivity index is 4.42. The summed E-state index contributed by atoms with van der Waals surface area (Å²) in [5.41, 5.74) is 5.32. The molecule has 1 unspecified atom stereocenters. The fraction of sp³-hybridized carbons (Fsp3) is 0.738. The van der Waals surface area contributed by atoms with E-state index < -0.39 is 51.1 Å². The van der Waals surface area contributed by atoms with Crippen LogP contribution in [0.1, 0.15) is 168 Å². The summed E-state index contributed by atoms with van der Waals surface area (Å²) in [4.78, 5) is 45.9. The molecule has 0 aliphatic carbocycles. The number of carboxylic acid groups (broad SMARTS) is 1. The van der Waals surface area contributed by atoms with Gasteiger partial charge in [0.15, 0.2) is 6.10 Å². The average molecular weight is 784 g/mol. The SMILES string of the molecule is CC/C=C/C=C/C=C/C=C/CCCCCCCC(=O)OC[C@H](COP(=O)(O)OC[C@H](N)C(=O)O)OC(=O)CCCCCCCCCCCCCCCCC. The first-order valence-corrected chi connectivity index (χ1v) is 22.2. The van der Waals surface area contributed by atoms with Gasteiger partial charge in [0.2, 0.25) is 0 Å². The van der Waals surface area contributed by atoms with Crippen molar-refractivity contribution < 1.29 is 47.5 Å². The van der Waals surface area contributed by atoms with Crippen LogP contribution in [0.15, 0.2) is 48.6 Å². The van der Waals surface area contributed by atoms with Gasteiger partial charge >= 0.3 is 25.7 Å². The molecule has 0 aliphatic rings. The van der Waals surface area contributed by atoms with Crippen molar-refractivity contribution in [2.75, 3.05) is 19.8 Å². The van der Waals surface area contributed by atoms with Gasteiger partial charge in [-0.05, 0) is 32.1 Å². The standard InChI is InChI=1S/C42H74NO10P/c1-3-5-7-9-11-13-15-17-19-21-23-25-27-29-31-33-40(44)50-35-38(36-51-54(48,49)52-37-39(43)42(46)47)53-41(45)34-32-30-28-26-24-22-20-18-16-14-12-10-8-6-4-2/h5,7,9,11,13,15,17,19,38-39H,3-4,6,8,10,12,14,16,18,20-37,43H2,1-2H3,(H,46,47)(H,48,49)/b7-5+,11-9+,15-13+,19-17+/t38-,39+/m1/s1. The Hall–Kier alpha value is -2.56. The van der Waals surface area contributed by atoms with Crippen molar-refractivity contribution >= 4 is 25.7 Å². The minimum atomic E-state index is -4.72. The van der Waals surface area contributed by atoms with E-state index in [1.807, 2.05) is 36.5 Å². The van der Waals surface area contributed by atoms with Crippen LogP contribution in [-0.4, -0.2) is 59.9 Å². The Kier molecular flexibility index (Phi) is 35.6. The predicted octanol–water partition coefficient (Wildman–Crippen LogP) is 10.6. The third kappa shape index (κ3) is 36.4. The summed E-state index contributed by atoms with van der Waals surface area (Å²) >= 11 is 0. The number of hydrogen-bond donors (Lipinski definition) is 3. The smallest absolute Gasteiger partial charge is 0.472 e. The van der Waals surface area contributed by atoms with Crippen LogP contribution in [0.5, 0.6) is 0 Å². The van der Waals surface area contributed by atoms with Gasteiger partial charge in [0, 0.05) is 12.8 Å². The molecule has 0 heterocycles. The number of esters is 2. The van der Waals surface area contributed by atoms with Gasteiger partial charge in [-0.1, -0.05) is 172 Å². The van der Waals surface area contributed by atoms with Crippen molar-refractivity contribution in [1.82, 2.24) is 0 Å². The van der Waals surface area contributed by atoms with E-state index in [-0.39, 0.29) is 19.4 Å². The molecule has 0 saturated carbocycles. The quantitative estimate of drug-likeness (QED) is 0.0235. The number of allylic oxidation sites excluding steroid dienone is 8. The molecule has 0 spiro atoms. The van der Waals surface area contributed by atoms with Gasteiger partial charge in [0.1, 0.15) is 12.6 Å². The van der Waals surface area contributed by atoms with E-state index in [0.717, 1.165) is 57.8 Å². The Morgan fingerprint density at radius 1 is 0.593 bits per heavy atom. The number of ether oxygens (including phenoxy) is 2. The summed E-state index contributed by atoms with van der Waals surface area (Å²) in [6.07, 6.45) is 40.3. The van der Waals surface area contributed by atoms with Crippen molar-refractivity contribution in [2.24, 2.45) is 5.73 Å². The molecule has 0 amide bonds. The zero-order valence-corrected chi connectivity index (χ0v) is 34.4. The zero-order valence-electron chi connectivity index (χ0n) is 33.6. The fourth-order valence-electron chi connectivity index (χ4n) is 5.43. The number of carboxylic acids is 1. The molecule has 0 rings (SSSR count). The molecule has 3 atom stereocenters. The molecule has 0 bridgehead atoms. The second kappa shape index (κ2) is 37.4. The van der Waals surface area contributed by atoms with E-state index in [9.17, 15) is 23.8 Å². The summed E-state index contributed by atoms with van der Waals surface area (Å²) in [5.74, 6) is -2.41. The van der Waals surface area contributed by atoms with E-state index >= 15 is 0 Å². The van der Waals surface area contributed by atoms with Crippen molar-refractivity contribution in [3.8, 4) is 0 Å². The van der Waals surface area contributed by atoms with Gasteiger partial charge in [0.05, 0.1) is 13.2 Å². The molecule has 12 heteroatoms. The lowest BCUT2D eigenvalue weighted by Crippen LogP contribution is -2.34. The normalized spacial score (nSPS) is 14.3. The van der Waals surface area contributed by atoms with Crippen LogP contribution in [0.4, 0.5) is 0 Å². The number of rotatable bonds is 38. The maximum absolute atomic E-state index is 12.6. The van der Waals surface area contributed by atoms with Crippen LogP contribution in [-0.2, 0) is 37.5 Å². The Labute approximate surface area is 326 Å². The summed E-state index contributed by atoms with van der Waals surface area (Å²) in [6.45, 7) is 2.64. The maximum atomic E-state index is 12.6. The highest BCUT2D eigenvalue weighted by atomic mass is 31.2. The molecule has 4 N–H and O–H groups in total. The molecule has 0 aromatic carbocycles. The number of nitrogens with two attached hydrogens (primary N) is 1. The maximum Gasteiger partial charge on any atom is 0.472 e. The largest absolute Gasteiger partial charge is 0.480 e. The number of unbranched alkanes of at least 4 members (excludes halogenated alkanes) is 19. The summed E-state index contributed by atoms with van der Waals surface area (Å²) in [6, 6.07) is -1.52. The van der Waals surface area contributed by atoms with E-state index in [4.69, 9.17) is 24.8 Å². The van der Waals surface area contributed by atoms with Gasteiger partial charge in [-0.25, -0.2) is 4.57 Å². The van der Waals surface area contributed by atoms with Gasteiger partial charge < -0.3 is 25.2 Å². The lowest BCUT2D eigenvalue weighted by Gasteiger charge is -2.20. The van der Waals surface area contributed by atoms with Gasteiger partial charge in [-0.3, -0.25) is 23.4 Å². The Bertz CT molecular complexity index is 1110. The monoisotopic (exact) mass is 784 g/mol. The number of carbonyl (C=O) groups is 3. The van der Waals surface area contributed by atoms with Crippen LogP contribution >= 0.6 is 7.82 Å². The summed E-state index contributed by atoms with van der Waals surface area (Å²) < 4.78 is 32.6. The van der Waals surface area contributed by atoms with E-state index in [0.29, 0.717) is 12.8 Å². The highest BCUT2D eigenvalue weighted by molar-refractivity contribution is 7.47. The minimum Gasteiger partial charge on any atom is -0.480 e. The van der Waals surface area contributed by atoms with E-state index in [2.05, 4.69) is 30.5 Å². The number of phosphoric ester groups is 1. The van der Waals surface area contributed by atoms with Gasteiger partial charge in [-0.2, -0.15) is 0 Å². The second-order valence-corrected chi connectivity index (χ2v) is 15.3. The fourth-order valence-corrected chi connectivity index (χ4v) is 6.21. The lowest BCUT2D eigenvalue weighted by molar-refractivity contribution is -0.161. The van der Waals surface area contributed by atoms with Crippen LogP contribution in [0.3, 0.4) is 0 Å². The predicted molar refractivity (Wildman–Crippen MR) is 217 cm³/mol. The van der Waals surface area contributed by atoms with Crippen molar-refractivity contribution in [2.45, 2.75) is 180 Å². The molecule has 11 nitrogen and oxygen atoms in total. The summed E-state index contributed by atoms with van der Waals surface area (Å²) in [5, 5.41) is 8.88. The molecule has 0 fully saturated rings. The van der Waals surface area contributed by atoms with Crippen LogP contribution in [0, 0.1) is 0 Å². The van der Waals surface area contributed by atoms with Crippen LogP contribution in [0.25, 0.3) is 0 Å². The highest BCUT2D eigenvalue weighted by Gasteiger charge is 2.28. The molecular weight excluding hydrogens is 709 g/mol. The Morgan fingerprint density at radius 3 is 1.56 bits per heavy atom. The molecule has 0 aliphatic heterocycles. The molecule has 312 valence electrons. The zero-order chi connectivity index (χ0) is 40.0. The van der Waals surface area contributed by atoms with Crippen molar-refractivity contribution in [1.29, 1.82) is 0 Å². The van der Waals surface area contributed by atoms with Crippen LogP contribution in [0.2, 0.25) is 0 Å². The van der Waals surface area contributed by atoms with Crippen molar-refractivity contribution in [3.05, 3.63) is 48.6 Å².